The number of fused-ring (bicyclic) bond motifs is 1. The zero-order valence-corrected chi connectivity index (χ0v) is 43.7. The molecule has 30 atom stereocenters. The van der Waals surface area contributed by atoms with Crippen LogP contribution in [0.5, 0.6) is 0 Å². The maximum Gasteiger partial charge on any atom is 0.187 e. The summed E-state index contributed by atoms with van der Waals surface area (Å²) < 4.78 is 68.0. The average Bonchev–Trinajstić information content (AvgIpc) is 3.67. The van der Waals surface area contributed by atoms with Crippen molar-refractivity contribution in [2.24, 2.45) is 0 Å². The molecule has 32 heteroatoms. The van der Waals surface area contributed by atoms with Gasteiger partial charge in [-0.15, -0.1) is 0 Å². The molecule has 8 rings (SSSR count). The van der Waals surface area contributed by atoms with Gasteiger partial charge in [-0.1, -0.05) is 36.4 Å². The number of aliphatic hydroxyl groups is 20. The SMILES string of the molecule is OC[C@H]1O[C@@H](O[C@H]2[C@H](O)[C@@H](O)[C@H](O[C@H]3[C@H](O)[C@@H](O)[C@H](OCCc4cccc5cccc(CCO[C@@H]6O[C@H](CO)[C@@H](O[C@@H]7O[C@H](CO)[C@@H](O[C@@H]8O[C@H](CO)[C@@H](O)[C@H](O)[C@H]8O)[C@H](O)[C@H]7O)[C@H](O)[C@H]6O)c45)O[C@@H]3CO)O[C@@H]2CO)[C@H](O)[C@@H](O)[C@@H]1O. The molecule has 0 spiro atoms. The Labute approximate surface area is 466 Å². The third kappa shape index (κ3) is 13.7. The Morgan fingerprint density at radius 2 is 0.549 bits per heavy atom. The number of aliphatic hydroxyl groups excluding tert-OH is 20. The molecule has 0 saturated carbocycles. The normalized spacial score (nSPS) is 45.8. The highest BCUT2D eigenvalue weighted by Gasteiger charge is 2.56. The standard InChI is InChI=1S/C50H76O32/c51-11-20-27(57)29(59)35(65)47(73-20)79-43-24(15-55)77-49(39(69)33(43)63)81-41-22(13-53)75-45(37(67)31(41)61)71-9-7-18-5-1-3-17-4-2-6-19(26(17)18)8-10-72-46-38(68)32(62)42(23(14-54)76-46)82-50-40(70)34(64)44(25(16-56)78-50)80-48-36(66)30(60)28(58)21(12-52)74-48/h1-6,20-25,27-70H,7-16H2/t20-,21-,22-,23-,24-,25-,27-,28-,29+,30+,31-,32-,33-,34-,35-,36-,37-,38-,39-,40-,41-,42-,43-,44-,45-,46-,47+,48+,49+,50+/m1/s1. The lowest BCUT2D eigenvalue weighted by Crippen LogP contribution is -2.66. The number of benzene rings is 2. The van der Waals surface area contributed by atoms with Crippen LogP contribution in [0.3, 0.4) is 0 Å². The second kappa shape index (κ2) is 29.0. The van der Waals surface area contributed by atoms with E-state index in [9.17, 15) is 102 Å². The van der Waals surface area contributed by atoms with Crippen molar-refractivity contribution in [3.05, 3.63) is 47.5 Å². The number of hydrogen-bond acceptors (Lipinski definition) is 32. The summed E-state index contributed by atoms with van der Waals surface area (Å²) in [6, 6.07) is 10.9. The van der Waals surface area contributed by atoms with E-state index in [2.05, 4.69) is 0 Å². The highest BCUT2D eigenvalue weighted by molar-refractivity contribution is 5.89. The third-order valence-electron chi connectivity index (χ3n) is 15.5. The minimum Gasteiger partial charge on any atom is -0.394 e. The van der Waals surface area contributed by atoms with Crippen molar-refractivity contribution in [3.63, 3.8) is 0 Å². The summed E-state index contributed by atoms with van der Waals surface area (Å²) >= 11 is 0. The smallest absolute Gasteiger partial charge is 0.187 e. The first-order chi connectivity index (χ1) is 39.2. The molecule has 2 aromatic carbocycles. The molecule has 6 aliphatic rings. The molecule has 32 nitrogen and oxygen atoms in total. The van der Waals surface area contributed by atoms with Gasteiger partial charge in [-0.2, -0.15) is 0 Å². The lowest BCUT2D eigenvalue weighted by atomic mass is 9.95. The van der Waals surface area contributed by atoms with Gasteiger partial charge in [0.05, 0.1) is 52.9 Å². The van der Waals surface area contributed by atoms with Crippen LogP contribution in [-0.4, -0.2) is 339 Å². The van der Waals surface area contributed by atoms with Gasteiger partial charge in [0.1, 0.15) is 146 Å². The molecule has 0 aromatic heterocycles. The van der Waals surface area contributed by atoms with E-state index >= 15 is 0 Å². The molecule has 6 aliphatic heterocycles. The second-order valence-electron chi connectivity index (χ2n) is 20.8. The summed E-state index contributed by atoms with van der Waals surface area (Å²) in [5.74, 6) is 0. The van der Waals surface area contributed by atoms with Crippen LogP contribution in [0.25, 0.3) is 10.8 Å². The fourth-order valence-corrected chi connectivity index (χ4v) is 10.9. The van der Waals surface area contributed by atoms with Crippen LogP contribution < -0.4 is 0 Å². The highest BCUT2D eigenvalue weighted by atomic mass is 16.8. The van der Waals surface area contributed by atoms with E-state index in [0.29, 0.717) is 0 Å². The predicted octanol–water partition coefficient (Wildman–Crippen LogP) is -11.1. The molecule has 6 fully saturated rings. The van der Waals surface area contributed by atoms with Gasteiger partial charge in [-0.3, -0.25) is 0 Å². The predicted molar refractivity (Wildman–Crippen MR) is 261 cm³/mol. The molecule has 0 bridgehead atoms. The van der Waals surface area contributed by atoms with Crippen molar-refractivity contribution in [2.45, 2.75) is 197 Å². The summed E-state index contributed by atoms with van der Waals surface area (Å²) in [7, 11) is 0. The fraction of sp³-hybridized carbons (Fsp3) is 0.800. The Kier molecular flexibility index (Phi) is 23.1. The maximum absolute atomic E-state index is 11.3. The van der Waals surface area contributed by atoms with Crippen molar-refractivity contribution in [2.75, 3.05) is 52.9 Å². The van der Waals surface area contributed by atoms with E-state index in [0.717, 1.165) is 21.9 Å². The van der Waals surface area contributed by atoms with Crippen LogP contribution in [0.1, 0.15) is 11.1 Å². The van der Waals surface area contributed by atoms with E-state index < -0.39 is 224 Å². The van der Waals surface area contributed by atoms with Crippen LogP contribution in [0.2, 0.25) is 0 Å². The second-order valence-corrected chi connectivity index (χ2v) is 20.8. The van der Waals surface area contributed by atoms with Crippen LogP contribution in [0.4, 0.5) is 0 Å². The van der Waals surface area contributed by atoms with Gasteiger partial charge in [0, 0.05) is 0 Å². The monoisotopic (exact) mass is 1190 g/mol. The Bertz CT molecular complexity index is 2120. The summed E-state index contributed by atoms with van der Waals surface area (Å²) in [6.45, 7) is -5.29. The number of hydrogen-bond donors (Lipinski definition) is 20. The van der Waals surface area contributed by atoms with E-state index in [-0.39, 0.29) is 26.1 Å². The minimum absolute atomic E-state index is 0.127. The van der Waals surface area contributed by atoms with Crippen LogP contribution in [0, 0.1) is 0 Å². The van der Waals surface area contributed by atoms with Crippen LogP contribution in [0.15, 0.2) is 36.4 Å². The summed E-state index contributed by atoms with van der Waals surface area (Å²) in [5.41, 5.74) is 1.48. The van der Waals surface area contributed by atoms with Crippen molar-refractivity contribution < 1.29 is 159 Å². The molecule has 6 saturated heterocycles. The molecule has 20 N–H and O–H groups in total. The quantitative estimate of drug-likeness (QED) is 0.0520. The van der Waals surface area contributed by atoms with Gasteiger partial charge < -0.3 is 159 Å². The van der Waals surface area contributed by atoms with Crippen LogP contribution >= 0.6 is 0 Å². The number of rotatable bonds is 22. The minimum atomic E-state index is -2.02. The molecular formula is C50H76O32. The van der Waals surface area contributed by atoms with E-state index in [1.54, 1.807) is 12.1 Å². The van der Waals surface area contributed by atoms with E-state index in [4.69, 9.17) is 56.8 Å². The van der Waals surface area contributed by atoms with Crippen molar-refractivity contribution in [1.29, 1.82) is 0 Å². The number of ether oxygens (including phenoxy) is 12. The zero-order chi connectivity index (χ0) is 59.4. The molecule has 0 radical (unpaired) electrons. The van der Waals surface area contributed by atoms with Gasteiger partial charge in [0.2, 0.25) is 0 Å². The Morgan fingerprint density at radius 3 is 0.841 bits per heavy atom. The molecule has 0 unspecified atom stereocenters. The maximum atomic E-state index is 11.3. The van der Waals surface area contributed by atoms with E-state index in [1.165, 1.54) is 0 Å². The Balaban J connectivity index is 0.835. The first-order valence-electron chi connectivity index (χ1n) is 26.7. The van der Waals surface area contributed by atoms with Crippen molar-refractivity contribution in [3.8, 4) is 0 Å². The Morgan fingerprint density at radius 1 is 0.293 bits per heavy atom. The first-order valence-corrected chi connectivity index (χ1v) is 26.7. The molecule has 0 amide bonds. The van der Waals surface area contributed by atoms with Crippen molar-refractivity contribution >= 4 is 10.8 Å². The Hall–Kier alpha value is -2.58. The van der Waals surface area contributed by atoms with Crippen LogP contribution in [-0.2, 0) is 69.7 Å². The van der Waals surface area contributed by atoms with Gasteiger partial charge in [0.25, 0.3) is 0 Å². The summed E-state index contributed by atoms with van der Waals surface area (Å²) in [4.78, 5) is 0. The molecule has 468 valence electrons. The molecule has 2 aromatic rings. The summed E-state index contributed by atoms with van der Waals surface area (Å²) in [5, 5.41) is 212. The largest absolute Gasteiger partial charge is 0.394 e. The van der Waals surface area contributed by atoms with Crippen molar-refractivity contribution in [1.82, 2.24) is 0 Å². The van der Waals surface area contributed by atoms with Gasteiger partial charge in [0.15, 0.2) is 37.7 Å². The highest BCUT2D eigenvalue weighted by Crippen LogP contribution is 2.36. The van der Waals surface area contributed by atoms with Gasteiger partial charge >= 0.3 is 0 Å². The lowest BCUT2D eigenvalue weighted by molar-refractivity contribution is -0.379. The fourth-order valence-electron chi connectivity index (χ4n) is 10.9. The molecule has 0 aliphatic carbocycles. The first kappa shape index (κ1) is 65.4. The van der Waals surface area contributed by atoms with Gasteiger partial charge in [-0.25, -0.2) is 0 Å². The third-order valence-corrected chi connectivity index (χ3v) is 15.5. The van der Waals surface area contributed by atoms with Gasteiger partial charge in [-0.05, 0) is 34.7 Å². The average molecular weight is 1190 g/mol. The molecule has 6 heterocycles. The zero-order valence-electron chi connectivity index (χ0n) is 43.7. The van der Waals surface area contributed by atoms with E-state index in [1.807, 2.05) is 24.3 Å². The topological polar surface area (TPSA) is 515 Å². The molecular weight excluding hydrogens is 1110 g/mol. The lowest BCUT2D eigenvalue weighted by Gasteiger charge is -2.48. The molecule has 82 heavy (non-hydrogen) atoms. The summed E-state index contributed by atoms with van der Waals surface area (Å²) in [6.07, 6.45) is -51.7.